The third-order valence-electron chi connectivity index (χ3n) is 2.33. The molecule has 0 spiro atoms. The number of unbranched alkanes of at least 4 members (excludes halogenated alkanes) is 6. The molecule has 0 amide bonds. The van der Waals surface area contributed by atoms with Crippen LogP contribution in [-0.4, -0.2) is 23.1 Å². The molecular weight excluding hydrogens is 192 g/mol. The minimum atomic E-state index is 0. The summed E-state index contributed by atoms with van der Waals surface area (Å²) in [6.07, 6.45) is 19.5. The van der Waals surface area contributed by atoms with E-state index in [1.165, 1.54) is 51.4 Å². The molecule has 0 unspecified atom stereocenters. The second-order valence-electron chi connectivity index (χ2n) is 3.85. The van der Waals surface area contributed by atoms with Crippen LogP contribution in [0.15, 0.2) is 24.3 Å². The molecule has 0 N–H and O–H groups in total. The van der Waals surface area contributed by atoms with E-state index in [0.29, 0.717) is 0 Å². The topological polar surface area (TPSA) is 0 Å². The first-order valence-corrected chi connectivity index (χ1v) is 6.23. The molecule has 86 valence electrons. The van der Waals surface area contributed by atoms with E-state index in [4.69, 9.17) is 0 Å². The van der Waals surface area contributed by atoms with Crippen molar-refractivity contribution in [2.75, 3.05) is 0 Å². The summed E-state index contributed by atoms with van der Waals surface area (Å²) in [5.41, 5.74) is 0. The van der Waals surface area contributed by atoms with Crippen molar-refractivity contribution in [2.45, 2.75) is 65.2 Å². The second-order valence-corrected chi connectivity index (χ2v) is 3.85. The van der Waals surface area contributed by atoms with Crippen LogP contribution in [0.3, 0.4) is 0 Å². The van der Waals surface area contributed by atoms with E-state index in [2.05, 4.69) is 38.2 Å². The molecule has 0 aliphatic carbocycles. The van der Waals surface area contributed by atoms with Gasteiger partial charge in [0.2, 0.25) is 0 Å². The fourth-order valence-corrected chi connectivity index (χ4v) is 1.36. The van der Waals surface area contributed by atoms with Crippen molar-refractivity contribution in [2.24, 2.45) is 0 Å². The Morgan fingerprint density at radius 2 is 1.27 bits per heavy atom. The maximum atomic E-state index is 2.29. The molecule has 0 bridgehead atoms. The molecule has 0 radical (unpaired) electrons. The standard InChI is InChI=1S/C14H26.Mg.2H/c1-3-5-7-9-11-13-14-12-10-8-6-4-2;;;/h9,11,13-14H,3-8,10,12H2,1-2H3;;;/q;+2;2*-1/b11-9-,14-13+;;;. The van der Waals surface area contributed by atoms with Crippen LogP contribution in [0, 0.1) is 0 Å². The van der Waals surface area contributed by atoms with Crippen molar-refractivity contribution in [1.29, 1.82) is 0 Å². The Hall–Kier alpha value is 0.246. The van der Waals surface area contributed by atoms with Gasteiger partial charge in [0.1, 0.15) is 0 Å². The van der Waals surface area contributed by atoms with Crippen molar-refractivity contribution in [3.8, 4) is 0 Å². The van der Waals surface area contributed by atoms with Gasteiger partial charge in [0.05, 0.1) is 0 Å². The molecule has 0 nitrogen and oxygen atoms in total. The molecule has 0 aliphatic rings. The van der Waals surface area contributed by atoms with Crippen LogP contribution in [0.1, 0.15) is 68.1 Å². The Morgan fingerprint density at radius 3 is 1.80 bits per heavy atom. The maximum Gasteiger partial charge on any atom is 2.00 e. The smallest absolute Gasteiger partial charge is 1.00 e. The minimum Gasteiger partial charge on any atom is -1.00 e. The largest absolute Gasteiger partial charge is 2.00 e. The van der Waals surface area contributed by atoms with Gasteiger partial charge in [-0.05, 0) is 19.3 Å². The van der Waals surface area contributed by atoms with Crippen LogP contribution < -0.4 is 0 Å². The first-order chi connectivity index (χ1) is 6.91. The zero-order chi connectivity index (χ0) is 10.5. The van der Waals surface area contributed by atoms with Gasteiger partial charge < -0.3 is 2.85 Å². The summed E-state index contributed by atoms with van der Waals surface area (Å²) < 4.78 is 0. The number of allylic oxidation sites excluding steroid dienone is 4. The Bertz CT molecular complexity index is 156. The normalized spacial score (nSPS) is 11.1. The summed E-state index contributed by atoms with van der Waals surface area (Å²) in [5, 5.41) is 0. The van der Waals surface area contributed by atoms with Gasteiger partial charge in [-0.3, -0.25) is 0 Å². The van der Waals surface area contributed by atoms with Crippen molar-refractivity contribution in [3.05, 3.63) is 24.3 Å². The van der Waals surface area contributed by atoms with Gasteiger partial charge >= 0.3 is 23.1 Å². The first kappa shape index (κ1) is 17.6. The average Bonchev–Trinajstić information content (AvgIpc) is 2.21. The number of rotatable bonds is 9. The van der Waals surface area contributed by atoms with Gasteiger partial charge in [0, 0.05) is 0 Å². The van der Waals surface area contributed by atoms with E-state index in [1.807, 2.05) is 0 Å². The maximum absolute atomic E-state index is 2.29. The van der Waals surface area contributed by atoms with Crippen molar-refractivity contribution in [3.63, 3.8) is 0 Å². The van der Waals surface area contributed by atoms with Crippen LogP contribution in [0.25, 0.3) is 0 Å². The summed E-state index contributed by atoms with van der Waals surface area (Å²) in [6, 6.07) is 0. The Kier molecular flexibility index (Phi) is 19.6. The fourth-order valence-electron chi connectivity index (χ4n) is 1.36. The van der Waals surface area contributed by atoms with E-state index in [-0.39, 0.29) is 25.9 Å². The number of hydrogen-bond donors (Lipinski definition) is 0. The van der Waals surface area contributed by atoms with Gasteiger partial charge in [-0.2, -0.15) is 0 Å². The van der Waals surface area contributed by atoms with Gasteiger partial charge in [0.25, 0.3) is 0 Å². The Labute approximate surface area is 115 Å². The third kappa shape index (κ3) is 16.9. The Morgan fingerprint density at radius 1 is 0.733 bits per heavy atom. The third-order valence-corrected chi connectivity index (χ3v) is 2.33. The predicted molar refractivity (Wildman–Crippen MR) is 74.5 cm³/mol. The van der Waals surface area contributed by atoms with Gasteiger partial charge in [0.15, 0.2) is 0 Å². The van der Waals surface area contributed by atoms with Gasteiger partial charge in [-0.25, -0.2) is 0 Å². The van der Waals surface area contributed by atoms with Crippen molar-refractivity contribution in [1.82, 2.24) is 0 Å². The van der Waals surface area contributed by atoms with E-state index in [0.717, 1.165) is 0 Å². The summed E-state index contributed by atoms with van der Waals surface area (Å²) in [6.45, 7) is 4.49. The molecule has 15 heavy (non-hydrogen) atoms. The van der Waals surface area contributed by atoms with Crippen LogP contribution in [-0.2, 0) is 0 Å². The molecule has 0 aliphatic heterocycles. The Balaban J connectivity index is -0.000000282. The summed E-state index contributed by atoms with van der Waals surface area (Å²) in [5.74, 6) is 0. The summed E-state index contributed by atoms with van der Waals surface area (Å²) >= 11 is 0. The van der Waals surface area contributed by atoms with Crippen LogP contribution >= 0.6 is 0 Å². The average molecular weight is 221 g/mol. The molecule has 0 saturated carbocycles. The van der Waals surface area contributed by atoms with Crippen molar-refractivity contribution < 1.29 is 2.85 Å². The molecule has 0 atom stereocenters. The molecule has 0 saturated heterocycles. The van der Waals surface area contributed by atoms with E-state index >= 15 is 0 Å². The molecule has 0 rings (SSSR count). The van der Waals surface area contributed by atoms with Gasteiger partial charge in [-0.15, -0.1) is 0 Å². The molecular formula is C14H28Mg. The SMILES string of the molecule is CCCC/C=C\C=C\CCCCCC.[H-].[H-].[Mg+2]. The fraction of sp³-hybridized carbons (Fsp3) is 0.714. The minimum absolute atomic E-state index is 0. The van der Waals surface area contributed by atoms with E-state index < -0.39 is 0 Å². The molecule has 0 aromatic rings. The number of hydrogen-bond acceptors (Lipinski definition) is 0. The van der Waals surface area contributed by atoms with Crippen molar-refractivity contribution >= 4 is 23.1 Å². The molecule has 0 aromatic heterocycles. The van der Waals surface area contributed by atoms with Crippen LogP contribution in [0.4, 0.5) is 0 Å². The predicted octanol–water partition coefficient (Wildman–Crippen LogP) is 5.10. The van der Waals surface area contributed by atoms with E-state index in [1.54, 1.807) is 0 Å². The molecule has 0 aromatic carbocycles. The molecule has 0 heterocycles. The van der Waals surface area contributed by atoms with Crippen LogP contribution in [0.5, 0.6) is 0 Å². The zero-order valence-electron chi connectivity index (χ0n) is 12.7. The van der Waals surface area contributed by atoms with Gasteiger partial charge in [-0.1, -0.05) is 70.3 Å². The monoisotopic (exact) mass is 220 g/mol. The molecule has 0 fully saturated rings. The summed E-state index contributed by atoms with van der Waals surface area (Å²) in [4.78, 5) is 0. The molecule has 1 heteroatoms. The van der Waals surface area contributed by atoms with E-state index in [9.17, 15) is 0 Å². The second kappa shape index (κ2) is 16.7. The first-order valence-electron chi connectivity index (χ1n) is 6.23. The quantitative estimate of drug-likeness (QED) is 0.288. The summed E-state index contributed by atoms with van der Waals surface area (Å²) in [7, 11) is 0. The zero-order valence-corrected chi connectivity index (χ0v) is 12.1. The van der Waals surface area contributed by atoms with Crippen LogP contribution in [0.2, 0.25) is 0 Å².